The van der Waals surface area contributed by atoms with E-state index < -0.39 is 24.2 Å². The summed E-state index contributed by atoms with van der Waals surface area (Å²) in [5, 5.41) is 22.3. The van der Waals surface area contributed by atoms with E-state index in [9.17, 15) is 18.0 Å². The van der Waals surface area contributed by atoms with Crippen LogP contribution in [0.25, 0.3) is 11.1 Å². The third-order valence-electron chi connectivity index (χ3n) is 4.65. The number of benzene rings is 2. The van der Waals surface area contributed by atoms with Crippen LogP contribution in [0, 0.1) is 28.6 Å². The average molecular weight is 428 g/mol. The normalized spacial score (nSPS) is 13.2. The van der Waals surface area contributed by atoms with E-state index in [0.717, 1.165) is 5.56 Å². The second kappa shape index (κ2) is 10.6. The molecule has 2 aromatic carbocycles. The maximum Gasteiger partial charge on any atom is 0.407 e. The van der Waals surface area contributed by atoms with Crippen LogP contribution in [0.1, 0.15) is 37.4 Å². The van der Waals surface area contributed by atoms with Gasteiger partial charge in [0.25, 0.3) is 0 Å². The zero-order chi connectivity index (χ0) is 23.0. The molecule has 0 heterocycles. The molecule has 31 heavy (non-hydrogen) atoms. The number of halogens is 3. The second-order valence-electron chi connectivity index (χ2n) is 7.51. The van der Waals surface area contributed by atoms with E-state index in [-0.39, 0.29) is 24.4 Å². The van der Waals surface area contributed by atoms with Gasteiger partial charge in [-0.15, -0.1) is 0 Å². The molecule has 0 saturated heterocycles. The first kappa shape index (κ1) is 23.9. The Morgan fingerprint density at radius 2 is 1.55 bits per heavy atom. The summed E-state index contributed by atoms with van der Waals surface area (Å²) >= 11 is 0. The van der Waals surface area contributed by atoms with Crippen LogP contribution < -0.4 is 10.6 Å². The van der Waals surface area contributed by atoms with Gasteiger partial charge in [-0.1, -0.05) is 50.2 Å². The molecule has 8 heteroatoms. The van der Waals surface area contributed by atoms with Crippen LogP contribution in [0.3, 0.4) is 0 Å². The van der Waals surface area contributed by atoms with E-state index in [4.69, 9.17) is 10.5 Å². The lowest BCUT2D eigenvalue weighted by molar-refractivity contribution is -0.161. The van der Waals surface area contributed by atoms with Crippen molar-refractivity contribution in [3.63, 3.8) is 0 Å². The molecule has 2 N–H and O–H groups in total. The van der Waals surface area contributed by atoms with E-state index >= 15 is 0 Å². The molecular formula is C23H23F3N4O. The number of nitriles is 2. The van der Waals surface area contributed by atoms with Gasteiger partial charge in [-0.25, -0.2) is 0 Å². The van der Waals surface area contributed by atoms with Crippen molar-refractivity contribution in [3.8, 4) is 23.3 Å². The lowest BCUT2D eigenvalue weighted by Gasteiger charge is -2.28. The Labute approximate surface area is 179 Å². The molecule has 0 bridgehead atoms. The smallest absolute Gasteiger partial charge is 0.342 e. The molecule has 2 aromatic rings. The lowest BCUT2D eigenvalue weighted by atomic mass is 9.97. The van der Waals surface area contributed by atoms with Gasteiger partial charge in [-0.3, -0.25) is 10.1 Å². The second-order valence-corrected chi connectivity index (χ2v) is 7.51. The fraction of sp³-hybridized carbons (Fsp3) is 0.348. The largest absolute Gasteiger partial charge is 0.407 e. The van der Waals surface area contributed by atoms with Gasteiger partial charge in [-0.2, -0.15) is 23.7 Å². The Morgan fingerprint density at radius 3 is 2.00 bits per heavy atom. The molecule has 0 aromatic heterocycles. The molecule has 2 rings (SSSR count). The summed E-state index contributed by atoms with van der Waals surface area (Å²) in [5.41, 5.74) is 1.95. The molecule has 162 valence electrons. The molecule has 0 spiro atoms. The number of alkyl halides is 3. The van der Waals surface area contributed by atoms with E-state index in [1.54, 1.807) is 56.3 Å². The number of rotatable bonds is 8. The van der Waals surface area contributed by atoms with E-state index in [1.165, 1.54) is 12.1 Å². The molecule has 5 nitrogen and oxygen atoms in total. The molecular weight excluding hydrogens is 405 g/mol. The van der Waals surface area contributed by atoms with Crippen molar-refractivity contribution in [2.75, 3.05) is 6.54 Å². The first-order valence-corrected chi connectivity index (χ1v) is 9.73. The van der Waals surface area contributed by atoms with Crippen molar-refractivity contribution in [3.05, 3.63) is 59.7 Å². The summed E-state index contributed by atoms with van der Waals surface area (Å²) < 4.78 is 41.5. The van der Waals surface area contributed by atoms with Crippen molar-refractivity contribution >= 4 is 5.91 Å². The molecule has 0 unspecified atom stereocenters. The van der Waals surface area contributed by atoms with Crippen LogP contribution in [0.15, 0.2) is 48.5 Å². The van der Waals surface area contributed by atoms with Crippen LogP contribution in [0.4, 0.5) is 13.2 Å². The Hall–Kier alpha value is -3.36. The van der Waals surface area contributed by atoms with Gasteiger partial charge in [0.15, 0.2) is 0 Å². The van der Waals surface area contributed by atoms with Crippen molar-refractivity contribution < 1.29 is 18.0 Å². The van der Waals surface area contributed by atoms with Gasteiger partial charge < -0.3 is 5.32 Å². The van der Waals surface area contributed by atoms with Gasteiger partial charge in [0.1, 0.15) is 12.6 Å². The van der Waals surface area contributed by atoms with E-state index in [2.05, 4.69) is 10.6 Å². The standard InChI is InChI=1S/C23H23F3N4O/c1-15(2)13-20(22(31)29-12-11-27)30-21(23(24,25)26)19-9-7-18(8-10-19)17-5-3-16(14-28)4-6-17/h3-10,15,20-21,30H,12-13H2,1-2H3,(H,29,31)/t20-,21-/m0/s1. The molecule has 0 fully saturated rings. The van der Waals surface area contributed by atoms with E-state index in [0.29, 0.717) is 11.1 Å². The predicted octanol–water partition coefficient (Wildman–Crippen LogP) is 4.47. The van der Waals surface area contributed by atoms with Crippen molar-refractivity contribution in [2.45, 2.75) is 38.5 Å². The maximum absolute atomic E-state index is 13.8. The molecule has 2 atom stereocenters. The van der Waals surface area contributed by atoms with Crippen LogP contribution in [0.5, 0.6) is 0 Å². The number of hydrogen-bond donors (Lipinski definition) is 2. The zero-order valence-electron chi connectivity index (χ0n) is 17.2. The minimum atomic E-state index is -4.62. The summed E-state index contributed by atoms with van der Waals surface area (Å²) in [6, 6.07) is 13.3. The Kier molecular flexibility index (Phi) is 8.18. The highest BCUT2D eigenvalue weighted by Gasteiger charge is 2.42. The Bertz CT molecular complexity index is 955. The molecule has 0 aliphatic heterocycles. The van der Waals surface area contributed by atoms with Gasteiger partial charge >= 0.3 is 6.18 Å². The molecule has 1 amide bonds. The average Bonchev–Trinajstić information content (AvgIpc) is 2.74. The lowest BCUT2D eigenvalue weighted by Crippen LogP contribution is -2.49. The SMILES string of the molecule is CC(C)C[C@H](N[C@@H](c1ccc(-c2ccc(C#N)cc2)cc1)C(F)(F)F)C(=O)NCC#N. The van der Waals surface area contributed by atoms with Crippen molar-refractivity contribution in [2.24, 2.45) is 5.92 Å². The first-order valence-electron chi connectivity index (χ1n) is 9.73. The topological polar surface area (TPSA) is 88.7 Å². The quantitative estimate of drug-likeness (QED) is 0.607. The van der Waals surface area contributed by atoms with Crippen molar-refractivity contribution in [1.29, 1.82) is 10.5 Å². The number of nitrogens with zero attached hydrogens (tertiary/aromatic N) is 2. The zero-order valence-corrected chi connectivity index (χ0v) is 17.2. The summed E-state index contributed by atoms with van der Waals surface area (Å²) in [4.78, 5) is 12.3. The molecule has 0 radical (unpaired) electrons. The number of carbonyl (C=O) groups is 1. The Balaban J connectivity index is 2.29. The van der Waals surface area contributed by atoms with Crippen LogP contribution in [0.2, 0.25) is 0 Å². The fourth-order valence-corrected chi connectivity index (χ4v) is 3.16. The van der Waals surface area contributed by atoms with Gasteiger partial charge in [0.05, 0.1) is 23.7 Å². The molecule has 0 aliphatic rings. The van der Waals surface area contributed by atoms with Gasteiger partial charge in [0.2, 0.25) is 5.91 Å². The molecule has 0 saturated carbocycles. The minimum Gasteiger partial charge on any atom is -0.342 e. The summed E-state index contributed by atoms with van der Waals surface area (Å²) in [6.45, 7) is 3.34. The summed E-state index contributed by atoms with van der Waals surface area (Å²) in [5.74, 6) is -0.670. The van der Waals surface area contributed by atoms with E-state index in [1.807, 2.05) is 6.07 Å². The highest BCUT2D eigenvalue weighted by Crippen LogP contribution is 2.34. The first-order chi connectivity index (χ1) is 14.7. The number of nitrogens with one attached hydrogen (secondary N) is 2. The number of carbonyl (C=O) groups excluding carboxylic acids is 1. The summed E-state index contributed by atoms with van der Waals surface area (Å²) in [6.07, 6.45) is -4.44. The monoisotopic (exact) mass is 428 g/mol. The fourth-order valence-electron chi connectivity index (χ4n) is 3.16. The van der Waals surface area contributed by atoms with Crippen LogP contribution >= 0.6 is 0 Å². The minimum absolute atomic E-state index is 0.0215. The number of amides is 1. The van der Waals surface area contributed by atoms with Gasteiger partial charge in [-0.05, 0) is 41.2 Å². The van der Waals surface area contributed by atoms with Crippen molar-refractivity contribution in [1.82, 2.24) is 10.6 Å². The third kappa shape index (κ3) is 6.84. The summed E-state index contributed by atoms with van der Waals surface area (Å²) in [7, 11) is 0. The highest BCUT2D eigenvalue weighted by molar-refractivity contribution is 5.82. The predicted molar refractivity (Wildman–Crippen MR) is 110 cm³/mol. The highest BCUT2D eigenvalue weighted by atomic mass is 19.4. The Morgan fingerprint density at radius 1 is 1.00 bits per heavy atom. The maximum atomic E-state index is 13.8. The van der Waals surface area contributed by atoms with Crippen LogP contribution in [-0.2, 0) is 4.79 Å². The van der Waals surface area contributed by atoms with Gasteiger partial charge in [0, 0.05) is 0 Å². The van der Waals surface area contributed by atoms with Crippen LogP contribution in [-0.4, -0.2) is 24.7 Å². The molecule has 0 aliphatic carbocycles. The number of hydrogen-bond acceptors (Lipinski definition) is 4. The third-order valence-corrected chi connectivity index (χ3v) is 4.65.